The van der Waals surface area contributed by atoms with Crippen molar-refractivity contribution < 1.29 is 14.3 Å². The molecular weight excluding hydrogens is 292 g/mol. The van der Waals surface area contributed by atoms with Crippen LogP contribution in [0.5, 0.6) is 11.5 Å². The predicted molar refractivity (Wildman–Crippen MR) is 88.3 cm³/mol. The maximum atomic E-state index is 12.6. The molecule has 0 saturated carbocycles. The molecule has 2 aromatic carbocycles. The topological polar surface area (TPSA) is 52.5 Å². The quantitative estimate of drug-likeness (QED) is 0.791. The first kappa shape index (κ1) is 13.7. The molecule has 1 amide bonds. The summed E-state index contributed by atoms with van der Waals surface area (Å²) in [5, 5.41) is 3.86. The lowest BCUT2D eigenvalue weighted by Gasteiger charge is -2.18. The number of hydrogen-bond acceptors (Lipinski definition) is 3. The fourth-order valence-corrected chi connectivity index (χ4v) is 2.84. The lowest BCUT2D eigenvalue weighted by Crippen LogP contribution is -2.16. The van der Waals surface area contributed by atoms with Crippen molar-refractivity contribution in [3.8, 4) is 11.5 Å². The number of anilines is 1. The van der Waals surface area contributed by atoms with Crippen molar-refractivity contribution in [2.75, 3.05) is 18.5 Å². The molecule has 5 nitrogen and oxygen atoms in total. The number of benzene rings is 2. The van der Waals surface area contributed by atoms with E-state index in [1.165, 1.54) is 0 Å². The molecule has 2 heterocycles. The first-order chi connectivity index (χ1) is 11.2. The van der Waals surface area contributed by atoms with Gasteiger partial charge in [0.05, 0.1) is 5.56 Å². The molecule has 0 fully saturated rings. The van der Waals surface area contributed by atoms with Crippen LogP contribution in [0.1, 0.15) is 10.4 Å². The number of nitrogens with zero attached hydrogens (tertiary/aromatic N) is 1. The monoisotopic (exact) mass is 308 g/mol. The van der Waals surface area contributed by atoms with Crippen molar-refractivity contribution in [3.05, 3.63) is 54.2 Å². The van der Waals surface area contributed by atoms with Gasteiger partial charge in [-0.15, -0.1) is 0 Å². The van der Waals surface area contributed by atoms with E-state index in [0.717, 1.165) is 10.9 Å². The molecule has 0 aliphatic carbocycles. The molecule has 1 N–H and O–H groups in total. The van der Waals surface area contributed by atoms with Crippen LogP contribution < -0.4 is 14.8 Å². The zero-order chi connectivity index (χ0) is 15.8. The molecule has 0 saturated heterocycles. The summed E-state index contributed by atoms with van der Waals surface area (Å²) in [6, 6.07) is 13.3. The molecule has 0 spiro atoms. The number of ether oxygens (including phenoxy) is 2. The summed E-state index contributed by atoms with van der Waals surface area (Å²) in [5.74, 6) is 1.23. The second kappa shape index (κ2) is 5.35. The molecule has 4 rings (SSSR count). The lowest BCUT2D eigenvalue weighted by atomic mass is 10.1. The van der Waals surface area contributed by atoms with Crippen molar-refractivity contribution in [2.24, 2.45) is 7.05 Å². The SMILES string of the molecule is Cn1cc(C(=O)Nc2ccc3c(c2)OCCO3)c2ccccc21. The van der Waals surface area contributed by atoms with Crippen LogP contribution in [0.3, 0.4) is 0 Å². The highest BCUT2D eigenvalue weighted by Crippen LogP contribution is 2.33. The molecule has 1 aromatic heterocycles. The summed E-state index contributed by atoms with van der Waals surface area (Å²) in [6.07, 6.45) is 1.85. The van der Waals surface area contributed by atoms with Gasteiger partial charge in [0.1, 0.15) is 13.2 Å². The minimum atomic E-state index is -0.140. The number of rotatable bonds is 2. The number of para-hydroxylation sites is 1. The second-order valence-electron chi connectivity index (χ2n) is 5.48. The second-order valence-corrected chi connectivity index (χ2v) is 5.48. The molecule has 23 heavy (non-hydrogen) atoms. The highest BCUT2D eigenvalue weighted by Gasteiger charge is 2.16. The standard InChI is InChI=1S/C18H16N2O3/c1-20-11-14(13-4-2-3-5-15(13)20)18(21)19-12-6-7-16-17(10-12)23-9-8-22-16/h2-7,10-11H,8-9H2,1H3,(H,19,21). The van der Waals surface area contributed by atoms with Gasteiger partial charge in [-0.25, -0.2) is 0 Å². The van der Waals surface area contributed by atoms with Gasteiger partial charge in [-0.05, 0) is 18.2 Å². The third kappa shape index (κ3) is 2.40. The third-order valence-corrected chi connectivity index (χ3v) is 3.94. The average Bonchev–Trinajstić information content (AvgIpc) is 2.92. The van der Waals surface area contributed by atoms with Crippen LogP contribution in [0.25, 0.3) is 10.9 Å². The summed E-state index contributed by atoms with van der Waals surface area (Å²) in [4.78, 5) is 12.6. The Morgan fingerprint density at radius 3 is 2.74 bits per heavy atom. The molecule has 5 heteroatoms. The Morgan fingerprint density at radius 2 is 1.87 bits per heavy atom. The number of carbonyl (C=O) groups is 1. The van der Waals surface area contributed by atoms with Gasteiger partial charge < -0.3 is 19.4 Å². The van der Waals surface area contributed by atoms with E-state index in [1.54, 1.807) is 6.07 Å². The van der Waals surface area contributed by atoms with E-state index in [4.69, 9.17) is 9.47 Å². The number of aromatic nitrogens is 1. The zero-order valence-corrected chi connectivity index (χ0v) is 12.7. The molecule has 0 unspecified atom stereocenters. The Kier molecular flexibility index (Phi) is 3.19. The van der Waals surface area contributed by atoms with Crippen molar-refractivity contribution in [2.45, 2.75) is 0 Å². The number of nitrogens with one attached hydrogen (secondary N) is 1. The van der Waals surface area contributed by atoms with Gasteiger partial charge in [-0.2, -0.15) is 0 Å². The van der Waals surface area contributed by atoms with E-state index in [-0.39, 0.29) is 5.91 Å². The molecule has 116 valence electrons. The first-order valence-electron chi connectivity index (χ1n) is 7.47. The van der Waals surface area contributed by atoms with Crippen molar-refractivity contribution in [1.29, 1.82) is 0 Å². The van der Waals surface area contributed by atoms with Crippen molar-refractivity contribution in [1.82, 2.24) is 4.57 Å². The van der Waals surface area contributed by atoms with Crippen LogP contribution in [-0.2, 0) is 7.05 Å². The fourth-order valence-electron chi connectivity index (χ4n) is 2.84. The summed E-state index contributed by atoms with van der Waals surface area (Å²) < 4.78 is 13.0. The van der Waals surface area contributed by atoms with Crippen molar-refractivity contribution >= 4 is 22.5 Å². The predicted octanol–water partition coefficient (Wildman–Crippen LogP) is 3.20. The number of carbonyl (C=O) groups excluding carboxylic acids is 1. The Morgan fingerprint density at radius 1 is 1.09 bits per heavy atom. The summed E-state index contributed by atoms with van der Waals surface area (Å²) in [5.41, 5.74) is 2.37. The van der Waals surface area contributed by atoms with Gasteiger partial charge in [0.25, 0.3) is 5.91 Å². The van der Waals surface area contributed by atoms with Gasteiger partial charge in [-0.1, -0.05) is 18.2 Å². The number of fused-ring (bicyclic) bond motifs is 2. The molecule has 0 atom stereocenters. The van der Waals surface area contributed by atoms with E-state index in [2.05, 4.69) is 5.32 Å². The van der Waals surface area contributed by atoms with E-state index in [0.29, 0.717) is 36.0 Å². The zero-order valence-electron chi connectivity index (χ0n) is 12.7. The van der Waals surface area contributed by atoms with Crippen LogP contribution in [0.15, 0.2) is 48.7 Å². The normalized spacial score (nSPS) is 13.1. The number of aryl methyl sites for hydroxylation is 1. The van der Waals surface area contributed by atoms with Gasteiger partial charge in [0, 0.05) is 35.9 Å². The number of amides is 1. The van der Waals surface area contributed by atoms with Crippen LogP contribution >= 0.6 is 0 Å². The first-order valence-corrected chi connectivity index (χ1v) is 7.47. The van der Waals surface area contributed by atoms with Gasteiger partial charge in [0.15, 0.2) is 11.5 Å². The van der Waals surface area contributed by atoms with E-state index in [1.807, 2.05) is 54.2 Å². The largest absolute Gasteiger partial charge is 0.486 e. The molecule has 1 aliphatic rings. The summed E-state index contributed by atoms with van der Waals surface area (Å²) in [6.45, 7) is 1.07. The highest BCUT2D eigenvalue weighted by atomic mass is 16.6. The molecule has 0 bridgehead atoms. The Balaban J connectivity index is 1.64. The smallest absolute Gasteiger partial charge is 0.257 e. The Bertz CT molecular complexity index is 898. The lowest BCUT2D eigenvalue weighted by molar-refractivity contribution is 0.102. The summed E-state index contributed by atoms with van der Waals surface area (Å²) >= 11 is 0. The van der Waals surface area contributed by atoms with Crippen LogP contribution in [0.2, 0.25) is 0 Å². The van der Waals surface area contributed by atoms with Gasteiger partial charge in [-0.3, -0.25) is 4.79 Å². The molecule has 1 aliphatic heterocycles. The van der Waals surface area contributed by atoms with E-state index in [9.17, 15) is 4.79 Å². The van der Waals surface area contributed by atoms with E-state index < -0.39 is 0 Å². The maximum Gasteiger partial charge on any atom is 0.257 e. The van der Waals surface area contributed by atoms with Gasteiger partial charge >= 0.3 is 0 Å². The fraction of sp³-hybridized carbons (Fsp3) is 0.167. The average molecular weight is 308 g/mol. The van der Waals surface area contributed by atoms with Crippen LogP contribution in [0.4, 0.5) is 5.69 Å². The minimum absolute atomic E-state index is 0.140. The molecule has 0 radical (unpaired) electrons. The van der Waals surface area contributed by atoms with Crippen molar-refractivity contribution in [3.63, 3.8) is 0 Å². The Hall–Kier alpha value is -2.95. The molecule has 3 aromatic rings. The highest BCUT2D eigenvalue weighted by molar-refractivity contribution is 6.13. The Labute approximate surface area is 133 Å². The molecular formula is C18H16N2O3. The van der Waals surface area contributed by atoms with Gasteiger partial charge in [0.2, 0.25) is 0 Å². The maximum absolute atomic E-state index is 12.6. The number of hydrogen-bond donors (Lipinski definition) is 1. The van der Waals surface area contributed by atoms with Crippen LogP contribution in [0, 0.1) is 0 Å². The third-order valence-electron chi connectivity index (χ3n) is 3.94. The minimum Gasteiger partial charge on any atom is -0.486 e. The van der Waals surface area contributed by atoms with Crippen LogP contribution in [-0.4, -0.2) is 23.7 Å². The summed E-state index contributed by atoms with van der Waals surface area (Å²) in [7, 11) is 1.93. The van der Waals surface area contributed by atoms with E-state index >= 15 is 0 Å².